The highest BCUT2D eigenvalue weighted by Gasteiger charge is 2.28. The molecule has 1 aliphatic carbocycles. The highest BCUT2D eigenvalue weighted by molar-refractivity contribution is 7.99. The van der Waals surface area contributed by atoms with Crippen molar-refractivity contribution >= 4 is 17.7 Å². The quantitative estimate of drug-likeness (QED) is 0.772. The predicted octanol–water partition coefficient (Wildman–Crippen LogP) is 1.59. The maximum atomic E-state index is 11.9. The van der Waals surface area contributed by atoms with E-state index in [2.05, 4.69) is 24.5 Å². The average Bonchev–Trinajstić information content (AvgIpc) is 2.77. The molecule has 0 bridgehead atoms. The first kappa shape index (κ1) is 12.2. The molecule has 1 amide bonds. The summed E-state index contributed by atoms with van der Waals surface area (Å²) in [5.41, 5.74) is 0. The van der Waals surface area contributed by atoms with Crippen molar-refractivity contribution in [2.24, 2.45) is 11.8 Å². The van der Waals surface area contributed by atoms with E-state index >= 15 is 0 Å². The number of nitrogens with one attached hydrogen (secondary N) is 2. The van der Waals surface area contributed by atoms with Gasteiger partial charge in [0.1, 0.15) is 0 Å². The number of hydrogen-bond donors (Lipinski definition) is 2. The van der Waals surface area contributed by atoms with Crippen LogP contribution in [0, 0.1) is 11.8 Å². The molecule has 2 aliphatic rings. The van der Waals surface area contributed by atoms with Gasteiger partial charge in [-0.05, 0) is 31.1 Å². The normalized spacial score (nSPS) is 39.6. The third-order valence-electron chi connectivity index (χ3n) is 3.98. The first-order chi connectivity index (χ1) is 7.66. The van der Waals surface area contributed by atoms with Crippen molar-refractivity contribution in [3.05, 3.63) is 0 Å². The van der Waals surface area contributed by atoms with E-state index in [0.717, 1.165) is 36.3 Å². The highest BCUT2D eigenvalue weighted by Crippen LogP contribution is 2.29. The van der Waals surface area contributed by atoms with Crippen molar-refractivity contribution in [3.63, 3.8) is 0 Å². The smallest absolute Gasteiger partial charge is 0.238 e. The zero-order chi connectivity index (χ0) is 11.5. The van der Waals surface area contributed by atoms with Crippen molar-refractivity contribution in [1.82, 2.24) is 10.6 Å². The maximum Gasteiger partial charge on any atom is 0.238 e. The monoisotopic (exact) mass is 242 g/mol. The van der Waals surface area contributed by atoms with Crippen molar-refractivity contribution in [2.45, 2.75) is 45.2 Å². The molecular formula is C12H22N2OS. The Bertz CT molecular complexity index is 253. The molecule has 0 spiro atoms. The number of thioether (sulfide) groups is 1. The van der Waals surface area contributed by atoms with E-state index < -0.39 is 0 Å². The van der Waals surface area contributed by atoms with Gasteiger partial charge in [-0.1, -0.05) is 13.8 Å². The van der Waals surface area contributed by atoms with Crippen LogP contribution in [0.4, 0.5) is 0 Å². The summed E-state index contributed by atoms with van der Waals surface area (Å²) in [6, 6.07) is 0.450. The fourth-order valence-electron chi connectivity index (χ4n) is 2.54. The number of hydrogen-bond acceptors (Lipinski definition) is 3. The fraction of sp³-hybridized carbons (Fsp3) is 0.917. The molecule has 1 aliphatic heterocycles. The summed E-state index contributed by atoms with van der Waals surface area (Å²) in [6.45, 7) is 4.62. The average molecular weight is 242 g/mol. The fourth-order valence-corrected chi connectivity index (χ4v) is 3.49. The third kappa shape index (κ3) is 2.92. The van der Waals surface area contributed by atoms with Gasteiger partial charge >= 0.3 is 0 Å². The minimum absolute atomic E-state index is 0.0413. The topological polar surface area (TPSA) is 41.1 Å². The Balaban J connectivity index is 1.78. The van der Waals surface area contributed by atoms with Crippen LogP contribution >= 0.6 is 11.8 Å². The summed E-state index contributed by atoms with van der Waals surface area (Å²) in [7, 11) is 0. The molecule has 2 rings (SSSR count). The van der Waals surface area contributed by atoms with Crippen LogP contribution < -0.4 is 10.6 Å². The number of rotatable bonds is 2. The van der Waals surface area contributed by atoms with Gasteiger partial charge in [-0.3, -0.25) is 10.1 Å². The summed E-state index contributed by atoms with van der Waals surface area (Å²) >= 11 is 1.80. The number of carbonyl (C=O) groups excluding carboxylic acids is 1. The predicted molar refractivity (Wildman–Crippen MR) is 68.4 cm³/mol. The van der Waals surface area contributed by atoms with E-state index in [1.165, 1.54) is 6.42 Å². The van der Waals surface area contributed by atoms with Gasteiger partial charge in [0, 0.05) is 17.7 Å². The van der Waals surface area contributed by atoms with Gasteiger partial charge in [0.05, 0.1) is 6.04 Å². The van der Waals surface area contributed by atoms with Gasteiger partial charge in [0.25, 0.3) is 0 Å². The summed E-state index contributed by atoms with van der Waals surface area (Å²) < 4.78 is 0. The Morgan fingerprint density at radius 2 is 2.12 bits per heavy atom. The van der Waals surface area contributed by atoms with E-state index in [-0.39, 0.29) is 11.9 Å². The van der Waals surface area contributed by atoms with Gasteiger partial charge in [-0.25, -0.2) is 0 Å². The Morgan fingerprint density at radius 3 is 2.75 bits per heavy atom. The van der Waals surface area contributed by atoms with Crippen LogP contribution in [-0.4, -0.2) is 29.6 Å². The van der Waals surface area contributed by atoms with Crippen LogP contribution in [0.1, 0.15) is 33.1 Å². The van der Waals surface area contributed by atoms with E-state index in [0.29, 0.717) is 6.04 Å². The summed E-state index contributed by atoms with van der Waals surface area (Å²) in [6.07, 6.45) is 3.54. The summed E-state index contributed by atoms with van der Waals surface area (Å²) in [4.78, 5) is 11.9. The molecule has 1 saturated carbocycles. The maximum absolute atomic E-state index is 11.9. The molecule has 4 unspecified atom stereocenters. The van der Waals surface area contributed by atoms with Gasteiger partial charge in [0.2, 0.25) is 5.91 Å². The Labute approximate surface area is 102 Å². The molecule has 0 aromatic heterocycles. The minimum atomic E-state index is 0.0413. The molecule has 0 aromatic carbocycles. The van der Waals surface area contributed by atoms with E-state index in [1.807, 2.05) is 0 Å². The summed E-state index contributed by atoms with van der Waals surface area (Å²) in [5.74, 6) is 3.59. The molecule has 92 valence electrons. The number of carbonyl (C=O) groups is 1. The van der Waals surface area contributed by atoms with Crippen LogP contribution in [0.2, 0.25) is 0 Å². The molecule has 1 saturated heterocycles. The molecule has 0 aromatic rings. The Hall–Kier alpha value is -0.220. The molecule has 4 atom stereocenters. The van der Waals surface area contributed by atoms with Crippen molar-refractivity contribution < 1.29 is 4.79 Å². The van der Waals surface area contributed by atoms with Gasteiger partial charge < -0.3 is 5.32 Å². The molecular weight excluding hydrogens is 220 g/mol. The Morgan fingerprint density at radius 1 is 1.31 bits per heavy atom. The van der Waals surface area contributed by atoms with Crippen LogP contribution in [-0.2, 0) is 4.79 Å². The lowest BCUT2D eigenvalue weighted by Crippen LogP contribution is -2.48. The van der Waals surface area contributed by atoms with Crippen molar-refractivity contribution in [2.75, 3.05) is 11.6 Å². The van der Waals surface area contributed by atoms with Gasteiger partial charge in [-0.2, -0.15) is 0 Å². The van der Waals surface area contributed by atoms with E-state index in [9.17, 15) is 4.79 Å². The lowest BCUT2D eigenvalue weighted by molar-refractivity contribution is -0.123. The van der Waals surface area contributed by atoms with Gasteiger partial charge in [0.15, 0.2) is 0 Å². The Kier molecular flexibility index (Phi) is 4.14. The SMILES string of the molecule is CC1CCC(NC(=O)C2CSCN2)CC1C. The lowest BCUT2D eigenvalue weighted by Gasteiger charge is -2.33. The first-order valence-corrected chi connectivity index (χ1v) is 7.44. The molecule has 1 heterocycles. The third-order valence-corrected chi connectivity index (χ3v) is 4.92. The molecule has 0 radical (unpaired) electrons. The molecule has 4 heteroatoms. The highest BCUT2D eigenvalue weighted by atomic mass is 32.2. The second kappa shape index (κ2) is 5.41. The summed E-state index contributed by atoms with van der Waals surface area (Å²) in [5, 5.41) is 6.41. The zero-order valence-corrected chi connectivity index (χ0v) is 11.0. The second-order valence-electron chi connectivity index (χ2n) is 5.24. The standard InChI is InChI=1S/C12H22N2OS/c1-8-3-4-10(5-9(8)2)14-12(15)11-6-16-7-13-11/h8-11,13H,3-7H2,1-2H3,(H,14,15). The van der Waals surface area contributed by atoms with E-state index in [4.69, 9.17) is 0 Å². The van der Waals surface area contributed by atoms with E-state index in [1.54, 1.807) is 11.8 Å². The number of amides is 1. The minimum Gasteiger partial charge on any atom is -0.352 e. The zero-order valence-electron chi connectivity index (χ0n) is 10.2. The first-order valence-electron chi connectivity index (χ1n) is 6.28. The van der Waals surface area contributed by atoms with Crippen molar-refractivity contribution in [1.29, 1.82) is 0 Å². The van der Waals surface area contributed by atoms with Crippen LogP contribution in [0.15, 0.2) is 0 Å². The largest absolute Gasteiger partial charge is 0.352 e. The molecule has 3 nitrogen and oxygen atoms in total. The second-order valence-corrected chi connectivity index (χ2v) is 6.28. The molecule has 2 fully saturated rings. The van der Waals surface area contributed by atoms with Crippen LogP contribution in [0.5, 0.6) is 0 Å². The van der Waals surface area contributed by atoms with Crippen molar-refractivity contribution in [3.8, 4) is 0 Å². The molecule has 16 heavy (non-hydrogen) atoms. The molecule has 2 N–H and O–H groups in total. The lowest BCUT2D eigenvalue weighted by atomic mass is 9.79. The van der Waals surface area contributed by atoms with Crippen LogP contribution in [0.3, 0.4) is 0 Å². The van der Waals surface area contributed by atoms with Gasteiger partial charge in [-0.15, -0.1) is 11.8 Å². The van der Waals surface area contributed by atoms with Crippen LogP contribution in [0.25, 0.3) is 0 Å².